The molecule has 1 heterocycles. The number of fused-ring (bicyclic) bond motifs is 1. The number of benzene rings is 3. The minimum atomic E-state index is 0.976. The molecule has 0 N–H and O–H groups in total. The first-order chi connectivity index (χ1) is 12.8. The average molecular weight is 338 g/mol. The van der Waals surface area contributed by atoms with E-state index in [2.05, 4.69) is 103 Å². The van der Waals surface area contributed by atoms with E-state index in [9.17, 15) is 0 Å². The molecule has 4 rings (SSSR count). The van der Waals surface area contributed by atoms with E-state index in [0.717, 1.165) is 19.3 Å². The maximum absolute atomic E-state index is 2.39. The van der Waals surface area contributed by atoms with Crippen LogP contribution in [-0.4, -0.2) is 0 Å². The summed E-state index contributed by atoms with van der Waals surface area (Å²) in [6, 6.07) is 32.6. The van der Waals surface area contributed by atoms with Crippen LogP contribution in [0.2, 0.25) is 0 Å². The number of aromatic nitrogens is 1. The molecule has 0 atom stereocenters. The molecule has 0 radical (unpaired) electrons. The van der Waals surface area contributed by atoms with Gasteiger partial charge in [-0.3, -0.25) is 0 Å². The van der Waals surface area contributed by atoms with Gasteiger partial charge in [0.2, 0.25) is 5.52 Å². The number of hydrogen-bond acceptors (Lipinski definition) is 0. The fraction of sp³-hybridized carbons (Fsp3) is 0.160. The molecule has 1 nitrogen and oxygen atoms in total. The molecular weight excluding hydrogens is 314 g/mol. The first-order valence-corrected chi connectivity index (χ1v) is 9.28. The van der Waals surface area contributed by atoms with Crippen LogP contribution in [0.1, 0.15) is 22.4 Å². The topological polar surface area (TPSA) is 3.88 Å². The van der Waals surface area contributed by atoms with Crippen molar-refractivity contribution in [2.24, 2.45) is 7.05 Å². The summed E-state index contributed by atoms with van der Waals surface area (Å²) in [6.45, 7) is 0. The number of para-hydroxylation sites is 1. The van der Waals surface area contributed by atoms with E-state index in [1.54, 1.807) is 0 Å². The maximum Gasteiger partial charge on any atom is 0.212 e. The van der Waals surface area contributed by atoms with Crippen molar-refractivity contribution in [3.63, 3.8) is 0 Å². The molecule has 0 aliphatic heterocycles. The highest BCUT2D eigenvalue weighted by Crippen LogP contribution is 2.20. The zero-order valence-electron chi connectivity index (χ0n) is 15.2. The summed E-state index contributed by atoms with van der Waals surface area (Å²) < 4.78 is 2.39. The Kier molecular flexibility index (Phi) is 4.79. The van der Waals surface area contributed by atoms with Gasteiger partial charge in [-0.05, 0) is 29.7 Å². The van der Waals surface area contributed by atoms with Crippen LogP contribution in [-0.2, 0) is 26.3 Å². The minimum absolute atomic E-state index is 0.976. The molecule has 1 aromatic heterocycles. The van der Waals surface area contributed by atoms with Gasteiger partial charge in [0.1, 0.15) is 7.05 Å². The molecule has 128 valence electrons. The van der Waals surface area contributed by atoms with Crippen molar-refractivity contribution < 1.29 is 4.57 Å². The Morgan fingerprint density at radius 2 is 1.27 bits per heavy atom. The van der Waals surface area contributed by atoms with Crippen molar-refractivity contribution in [3.8, 4) is 0 Å². The van der Waals surface area contributed by atoms with Crippen molar-refractivity contribution in [1.82, 2.24) is 0 Å². The summed E-state index contributed by atoms with van der Waals surface area (Å²) in [5, 5.41) is 1.31. The molecule has 0 saturated heterocycles. The Morgan fingerprint density at radius 1 is 0.654 bits per heavy atom. The van der Waals surface area contributed by atoms with Gasteiger partial charge in [-0.1, -0.05) is 72.8 Å². The van der Waals surface area contributed by atoms with Crippen LogP contribution < -0.4 is 4.57 Å². The third-order valence-corrected chi connectivity index (χ3v) is 5.13. The molecule has 0 fully saturated rings. The maximum atomic E-state index is 2.39. The van der Waals surface area contributed by atoms with Crippen LogP contribution in [0.5, 0.6) is 0 Å². The van der Waals surface area contributed by atoms with E-state index in [1.165, 1.54) is 33.3 Å². The highest BCUT2D eigenvalue weighted by atomic mass is 14.9. The van der Waals surface area contributed by atoms with Crippen molar-refractivity contribution in [1.29, 1.82) is 0 Å². The fourth-order valence-corrected chi connectivity index (χ4v) is 3.75. The minimum Gasteiger partial charge on any atom is -0.198 e. The molecule has 4 aromatic rings. The van der Waals surface area contributed by atoms with Gasteiger partial charge in [0.15, 0.2) is 5.69 Å². The van der Waals surface area contributed by atoms with E-state index < -0.39 is 0 Å². The lowest BCUT2D eigenvalue weighted by molar-refractivity contribution is -0.653. The summed E-state index contributed by atoms with van der Waals surface area (Å²) >= 11 is 0. The molecule has 1 heteroatoms. The van der Waals surface area contributed by atoms with E-state index >= 15 is 0 Å². The van der Waals surface area contributed by atoms with E-state index in [-0.39, 0.29) is 0 Å². The Balaban J connectivity index is 1.74. The summed E-state index contributed by atoms with van der Waals surface area (Å²) in [5.41, 5.74) is 6.91. The SMILES string of the molecule is C[n+]1c(CCc2ccccc2)c(Cc2ccccc2)cc2ccccc21. The lowest BCUT2D eigenvalue weighted by Gasteiger charge is -2.11. The number of rotatable bonds is 5. The summed E-state index contributed by atoms with van der Waals surface area (Å²) in [7, 11) is 2.21. The lowest BCUT2D eigenvalue weighted by atomic mass is 9.97. The average Bonchev–Trinajstić information content (AvgIpc) is 2.69. The van der Waals surface area contributed by atoms with E-state index in [0.29, 0.717) is 0 Å². The molecule has 0 bridgehead atoms. The first kappa shape index (κ1) is 16.5. The second kappa shape index (κ2) is 7.53. The molecule has 0 aliphatic rings. The van der Waals surface area contributed by atoms with Gasteiger partial charge in [0.05, 0.1) is 0 Å². The van der Waals surface area contributed by atoms with Crippen molar-refractivity contribution in [2.45, 2.75) is 19.3 Å². The molecule has 0 amide bonds. The standard InChI is InChI=1S/C25H24N/c1-26-24-15-9-8-14-22(24)19-23(18-21-12-6-3-7-13-21)25(26)17-16-20-10-4-2-5-11-20/h2-15,19H,16-18H2,1H3/q+1. The van der Waals surface area contributed by atoms with Gasteiger partial charge in [0.25, 0.3) is 0 Å². The van der Waals surface area contributed by atoms with Crippen LogP contribution in [0.4, 0.5) is 0 Å². The number of pyridine rings is 1. The van der Waals surface area contributed by atoms with Gasteiger partial charge in [-0.25, -0.2) is 0 Å². The van der Waals surface area contributed by atoms with E-state index in [1.807, 2.05) is 0 Å². The second-order valence-corrected chi connectivity index (χ2v) is 6.88. The molecule has 26 heavy (non-hydrogen) atoms. The van der Waals surface area contributed by atoms with Gasteiger partial charge in [-0.15, -0.1) is 0 Å². The highest BCUT2D eigenvalue weighted by molar-refractivity contribution is 5.76. The predicted molar refractivity (Wildman–Crippen MR) is 108 cm³/mol. The lowest BCUT2D eigenvalue weighted by Crippen LogP contribution is -2.36. The Morgan fingerprint density at radius 3 is 2.00 bits per heavy atom. The fourth-order valence-electron chi connectivity index (χ4n) is 3.75. The molecule has 0 saturated carbocycles. The zero-order chi connectivity index (χ0) is 17.8. The van der Waals surface area contributed by atoms with Gasteiger partial charge in [0, 0.05) is 29.9 Å². The molecule has 0 aliphatic carbocycles. The number of nitrogens with zero attached hydrogens (tertiary/aromatic N) is 1. The van der Waals surface area contributed by atoms with Gasteiger partial charge >= 0.3 is 0 Å². The molecular formula is C25H24N+. The third-order valence-electron chi connectivity index (χ3n) is 5.13. The summed E-state index contributed by atoms with van der Waals surface area (Å²) in [6.07, 6.45) is 3.09. The van der Waals surface area contributed by atoms with Crippen molar-refractivity contribution in [2.75, 3.05) is 0 Å². The predicted octanol–water partition coefficient (Wildman–Crippen LogP) is 5.04. The van der Waals surface area contributed by atoms with Gasteiger partial charge < -0.3 is 0 Å². The zero-order valence-corrected chi connectivity index (χ0v) is 15.2. The molecule has 0 unspecified atom stereocenters. The normalized spacial score (nSPS) is 11.0. The van der Waals surface area contributed by atoms with E-state index in [4.69, 9.17) is 0 Å². The smallest absolute Gasteiger partial charge is 0.198 e. The van der Waals surface area contributed by atoms with Crippen LogP contribution in [0.25, 0.3) is 10.9 Å². The Hall–Kier alpha value is -2.93. The second-order valence-electron chi connectivity index (χ2n) is 6.88. The highest BCUT2D eigenvalue weighted by Gasteiger charge is 2.18. The third kappa shape index (κ3) is 3.52. The number of hydrogen-bond donors (Lipinski definition) is 0. The first-order valence-electron chi connectivity index (χ1n) is 9.28. The Labute approximate surface area is 155 Å². The molecule has 3 aromatic carbocycles. The van der Waals surface area contributed by atoms with Crippen molar-refractivity contribution >= 4 is 10.9 Å². The van der Waals surface area contributed by atoms with Crippen LogP contribution in [0.3, 0.4) is 0 Å². The monoisotopic (exact) mass is 338 g/mol. The Bertz CT molecular complexity index is 1000. The quantitative estimate of drug-likeness (QED) is 0.449. The largest absolute Gasteiger partial charge is 0.212 e. The van der Waals surface area contributed by atoms with Crippen molar-refractivity contribution in [3.05, 3.63) is 113 Å². The summed E-state index contributed by atoms with van der Waals surface area (Å²) in [5.74, 6) is 0. The molecule has 0 spiro atoms. The van der Waals surface area contributed by atoms with Crippen LogP contribution >= 0.6 is 0 Å². The summed E-state index contributed by atoms with van der Waals surface area (Å²) in [4.78, 5) is 0. The number of aryl methyl sites for hydroxylation is 2. The van der Waals surface area contributed by atoms with Crippen LogP contribution in [0, 0.1) is 0 Å². The van der Waals surface area contributed by atoms with Gasteiger partial charge in [-0.2, -0.15) is 4.57 Å². The van der Waals surface area contributed by atoms with Crippen LogP contribution in [0.15, 0.2) is 91.0 Å².